The zero-order valence-electron chi connectivity index (χ0n) is 15.9. The molecule has 0 atom stereocenters. The lowest BCUT2D eigenvalue weighted by atomic mass is 10.2. The predicted molar refractivity (Wildman–Crippen MR) is 99.3 cm³/mol. The number of alkyl halides is 3. The molecule has 1 aromatic carbocycles. The van der Waals surface area contributed by atoms with E-state index in [4.69, 9.17) is 11.6 Å². The van der Waals surface area contributed by atoms with E-state index in [-0.39, 0.29) is 27.8 Å². The molecule has 5 nitrogen and oxygen atoms in total. The minimum absolute atomic E-state index is 0. The van der Waals surface area contributed by atoms with Gasteiger partial charge in [-0.25, -0.2) is 22.3 Å². The number of unbranched alkanes of at least 4 members (excludes halogenated alkanes) is 1. The summed E-state index contributed by atoms with van der Waals surface area (Å²) in [6.45, 7) is 6.73. The van der Waals surface area contributed by atoms with Crippen LogP contribution in [-0.4, -0.2) is 25.3 Å². The second-order valence-electron chi connectivity index (χ2n) is 6.27. The molecule has 11 heteroatoms. The summed E-state index contributed by atoms with van der Waals surface area (Å²) < 4.78 is 68.8. The summed E-state index contributed by atoms with van der Waals surface area (Å²) in [5.41, 5.74) is 0.272. The molecule has 0 amide bonds. The normalized spacial score (nSPS) is 12.4. The van der Waals surface area contributed by atoms with Crippen LogP contribution >= 0.6 is 11.6 Å². The van der Waals surface area contributed by atoms with Crippen molar-refractivity contribution in [2.75, 3.05) is 12.3 Å². The van der Waals surface area contributed by atoms with Gasteiger partial charge >= 0.3 is 6.18 Å². The van der Waals surface area contributed by atoms with E-state index in [2.05, 4.69) is 4.72 Å². The number of imidazole rings is 1. The number of rotatable bonds is 8. The van der Waals surface area contributed by atoms with E-state index in [9.17, 15) is 21.6 Å². The first-order valence-electron chi connectivity index (χ1n) is 8.78. The minimum atomic E-state index is -4.52. The van der Waals surface area contributed by atoms with Gasteiger partial charge in [0, 0.05) is 25.6 Å². The summed E-state index contributed by atoms with van der Waals surface area (Å²) in [6, 6.07) is 2.46. The van der Waals surface area contributed by atoms with E-state index < -0.39 is 21.8 Å². The van der Waals surface area contributed by atoms with E-state index in [0.29, 0.717) is 43.5 Å². The lowest BCUT2D eigenvalue weighted by molar-refractivity contribution is -0.678. The monoisotopic (exact) mass is 505 g/mol. The maximum atomic E-state index is 13.2. The third kappa shape index (κ3) is 5.61. The van der Waals surface area contributed by atoms with Crippen molar-refractivity contribution >= 4 is 32.7 Å². The van der Waals surface area contributed by atoms with Crippen LogP contribution in [0.3, 0.4) is 0 Å². The first-order chi connectivity index (χ1) is 12.5. The Morgan fingerprint density at radius 2 is 1.86 bits per heavy atom. The van der Waals surface area contributed by atoms with Crippen LogP contribution in [0.1, 0.15) is 38.1 Å². The maximum absolute atomic E-state index is 13.2. The number of sulfonamides is 1. The summed E-state index contributed by atoms with van der Waals surface area (Å²) in [5, 5.41) is -0.316. The highest BCUT2D eigenvalue weighted by Crippen LogP contribution is 2.36. The molecule has 0 aliphatic rings. The summed E-state index contributed by atoms with van der Waals surface area (Å²) in [7, 11) is -3.23. The Bertz CT molecular complexity index is 930. The van der Waals surface area contributed by atoms with Crippen LogP contribution in [-0.2, 0) is 29.3 Å². The Balaban J connectivity index is 0.00000392. The number of nitrogens with one attached hydrogen (secondary N) is 1. The fraction of sp³-hybridized carbons (Fsp3) is 0.588. The fourth-order valence-electron chi connectivity index (χ4n) is 3.10. The van der Waals surface area contributed by atoms with Crippen LogP contribution in [0.2, 0.25) is 5.02 Å². The van der Waals surface area contributed by atoms with Gasteiger partial charge in [0.2, 0.25) is 10.0 Å². The number of aromatic nitrogens is 2. The molecule has 2 aromatic rings. The minimum Gasteiger partial charge on any atom is -1.00 e. The molecule has 0 saturated heterocycles. The smallest absolute Gasteiger partial charge is 0.418 e. The van der Waals surface area contributed by atoms with Crippen LogP contribution in [0, 0.1) is 6.92 Å². The first-order valence-corrected chi connectivity index (χ1v) is 10.8. The van der Waals surface area contributed by atoms with E-state index in [1.54, 1.807) is 6.92 Å². The van der Waals surface area contributed by atoms with Crippen molar-refractivity contribution in [1.82, 2.24) is 9.29 Å². The molecule has 0 bridgehead atoms. The number of halogens is 5. The highest BCUT2D eigenvalue weighted by atomic mass is 79.9. The van der Waals surface area contributed by atoms with Crippen LogP contribution < -0.4 is 26.3 Å². The molecule has 0 aliphatic heterocycles. The average molecular weight is 507 g/mol. The van der Waals surface area contributed by atoms with Crippen LogP contribution in [0.15, 0.2) is 12.1 Å². The van der Waals surface area contributed by atoms with Gasteiger partial charge in [-0.2, -0.15) is 13.2 Å². The van der Waals surface area contributed by atoms with Gasteiger partial charge in [0.25, 0.3) is 5.82 Å². The van der Waals surface area contributed by atoms with Gasteiger partial charge in [0.15, 0.2) is 11.0 Å². The lowest BCUT2D eigenvalue weighted by Crippen LogP contribution is -3.00. The molecule has 0 radical (unpaired) electrons. The zero-order valence-corrected chi connectivity index (χ0v) is 19.1. The Morgan fingerprint density at radius 1 is 1.21 bits per heavy atom. The predicted octanol–water partition coefficient (Wildman–Crippen LogP) is 0.653. The SMILES string of the molecule is CCn1c(C)[n+](CCCCNS(=O)(=O)CC)c2cc(C(F)(F)F)c(Cl)cc21.[Br-]. The highest BCUT2D eigenvalue weighted by Gasteiger charge is 2.35. The molecular formula is C17H24BrClF3N3O2S. The number of hydrogen-bond acceptors (Lipinski definition) is 2. The second-order valence-corrected chi connectivity index (χ2v) is 8.77. The van der Waals surface area contributed by atoms with E-state index in [0.717, 1.165) is 11.9 Å². The number of aryl methyl sites for hydroxylation is 2. The van der Waals surface area contributed by atoms with Crippen molar-refractivity contribution in [3.63, 3.8) is 0 Å². The van der Waals surface area contributed by atoms with Gasteiger partial charge in [-0.1, -0.05) is 11.6 Å². The molecule has 1 aromatic heterocycles. The van der Waals surface area contributed by atoms with Crippen LogP contribution in [0.5, 0.6) is 0 Å². The molecule has 1 N–H and O–H groups in total. The Labute approximate surface area is 178 Å². The molecule has 0 saturated carbocycles. The Hall–Kier alpha value is -0.840. The molecule has 160 valence electrons. The number of hydrogen-bond donors (Lipinski definition) is 1. The van der Waals surface area contributed by atoms with Gasteiger partial charge in [0.05, 0.1) is 29.4 Å². The average Bonchev–Trinajstić information content (AvgIpc) is 2.83. The number of fused-ring (bicyclic) bond motifs is 1. The number of benzene rings is 1. The standard InChI is InChI=1S/C17H24ClF3N3O2S.BrH/c1-4-23-12(3)24(9-7-6-8-22-27(25,26)5-2)15-10-13(17(19,20)21)14(18)11-16(15)23;/h10-11,22H,4-9H2,1-3H3;1H/q+1;/p-1. The van der Waals surface area contributed by atoms with Crippen molar-refractivity contribution in [1.29, 1.82) is 0 Å². The first kappa shape index (κ1) is 25.2. The van der Waals surface area contributed by atoms with Crippen molar-refractivity contribution in [2.45, 2.75) is 52.9 Å². The summed E-state index contributed by atoms with van der Waals surface area (Å²) in [4.78, 5) is 0. The Morgan fingerprint density at radius 3 is 2.39 bits per heavy atom. The topological polar surface area (TPSA) is 55.0 Å². The summed E-state index contributed by atoms with van der Waals surface area (Å²) >= 11 is 5.87. The zero-order chi connectivity index (χ0) is 20.4. The van der Waals surface area contributed by atoms with Crippen molar-refractivity contribution in [2.24, 2.45) is 0 Å². The summed E-state index contributed by atoms with van der Waals surface area (Å²) in [5.74, 6) is 0.850. The second kappa shape index (κ2) is 9.77. The molecule has 2 rings (SSSR count). The largest absolute Gasteiger partial charge is 1.00 e. The fourth-order valence-corrected chi connectivity index (χ4v) is 4.03. The number of nitrogens with zero attached hydrogens (tertiary/aromatic N) is 2. The Kier molecular flexibility index (Phi) is 8.80. The van der Waals surface area contributed by atoms with Crippen molar-refractivity contribution in [3.8, 4) is 0 Å². The van der Waals surface area contributed by atoms with E-state index in [1.807, 2.05) is 23.0 Å². The lowest BCUT2D eigenvalue weighted by Gasteiger charge is -2.08. The third-order valence-corrected chi connectivity index (χ3v) is 6.28. The summed E-state index contributed by atoms with van der Waals surface area (Å²) in [6.07, 6.45) is -3.31. The van der Waals surface area contributed by atoms with Gasteiger partial charge < -0.3 is 17.0 Å². The van der Waals surface area contributed by atoms with Gasteiger partial charge in [-0.15, -0.1) is 0 Å². The van der Waals surface area contributed by atoms with Crippen LogP contribution in [0.4, 0.5) is 13.2 Å². The van der Waals surface area contributed by atoms with E-state index in [1.165, 1.54) is 6.07 Å². The van der Waals surface area contributed by atoms with E-state index >= 15 is 0 Å². The quantitative estimate of drug-likeness (QED) is 0.422. The molecule has 0 spiro atoms. The molecule has 0 aliphatic carbocycles. The van der Waals surface area contributed by atoms with Gasteiger partial charge in [0.1, 0.15) is 0 Å². The van der Waals surface area contributed by atoms with Crippen LogP contribution in [0.25, 0.3) is 11.0 Å². The molecule has 0 unspecified atom stereocenters. The molecule has 28 heavy (non-hydrogen) atoms. The van der Waals surface area contributed by atoms with Gasteiger partial charge in [-0.3, -0.25) is 0 Å². The molecule has 1 heterocycles. The molecule has 0 fully saturated rings. The van der Waals surface area contributed by atoms with Crippen molar-refractivity contribution < 1.29 is 43.1 Å². The van der Waals surface area contributed by atoms with Crippen molar-refractivity contribution in [3.05, 3.63) is 28.5 Å². The maximum Gasteiger partial charge on any atom is 0.418 e. The molecular weight excluding hydrogens is 483 g/mol. The third-order valence-electron chi connectivity index (χ3n) is 4.56. The van der Waals surface area contributed by atoms with Gasteiger partial charge in [-0.05, 0) is 26.7 Å². The highest BCUT2D eigenvalue weighted by molar-refractivity contribution is 7.89.